The van der Waals surface area contributed by atoms with Gasteiger partial charge in [0.1, 0.15) is 5.82 Å². The molecule has 170 valence electrons. The van der Waals surface area contributed by atoms with Crippen molar-refractivity contribution in [3.05, 3.63) is 60.3 Å². The van der Waals surface area contributed by atoms with E-state index in [1.165, 1.54) is 0 Å². The van der Waals surface area contributed by atoms with Crippen LogP contribution in [0.4, 0.5) is 5.82 Å². The van der Waals surface area contributed by atoms with Crippen LogP contribution in [-0.4, -0.2) is 78.2 Å². The maximum atomic E-state index is 12.8. The van der Waals surface area contributed by atoms with Crippen LogP contribution >= 0.6 is 0 Å². The van der Waals surface area contributed by atoms with Gasteiger partial charge in [0.2, 0.25) is 5.91 Å². The van der Waals surface area contributed by atoms with E-state index in [1.807, 2.05) is 47.5 Å². The summed E-state index contributed by atoms with van der Waals surface area (Å²) in [4.78, 5) is 24.4. The number of anilines is 1. The Morgan fingerprint density at radius 1 is 0.969 bits per heavy atom. The third kappa shape index (κ3) is 4.81. The molecule has 1 atom stereocenters. The molecule has 1 aromatic heterocycles. The Morgan fingerprint density at radius 3 is 2.44 bits per heavy atom. The van der Waals surface area contributed by atoms with Crippen molar-refractivity contribution in [1.29, 1.82) is 0 Å². The predicted octanol–water partition coefficient (Wildman–Crippen LogP) is 2.99. The van der Waals surface area contributed by atoms with Gasteiger partial charge >= 0.3 is 0 Å². The van der Waals surface area contributed by atoms with Crippen molar-refractivity contribution >= 4 is 11.7 Å². The molecule has 1 amide bonds. The number of piperazine rings is 1. The molecule has 0 saturated carbocycles. The zero-order chi connectivity index (χ0) is 21.8. The molecule has 3 saturated heterocycles. The smallest absolute Gasteiger partial charge is 0.226 e. The van der Waals surface area contributed by atoms with Crippen molar-refractivity contribution < 1.29 is 9.53 Å². The van der Waals surface area contributed by atoms with Gasteiger partial charge in [-0.25, -0.2) is 4.98 Å². The average Bonchev–Trinajstić information content (AvgIpc) is 2.86. The Bertz CT molecular complexity index is 875. The van der Waals surface area contributed by atoms with Gasteiger partial charge in [-0.05, 0) is 43.4 Å². The third-order valence-corrected chi connectivity index (χ3v) is 7.50. The number of hydrogen-bond donors (Lipinski definition) is 0. The molecule has 2 aromatic rings. The van der Waals surface area contributed by atoms with Crippen LogP contribution in [0.5, 0.6) is 0 Å². The van der Waals surface area contributed by atoms with Crippen LogP contribution in [0.25, 0.3) is 0 Å². The summed E-state index contributed by atoms with van der Waals surface area (Å²) in [5.41, 5.74) is 1.04. The highest BCUT2D eigenvalue weighted by atomic mass is 16.5. The second-order valence-corrected chi connectivity index (χ2v) is 9.43. The first-order valence-corrected chi connectivity index (χ1v) is 12.1. The van der Waals surface area contributed by atoms with E-state index >= 15 is 0 Å². The van der Waals surface area contributed by atoms with E-state index < -0.39 is 0 Å². The predicted molar refractivity (Wildman–Crippen MR) is 126 cm³/mol. The minimum atomic E-state index is -0.0510. The first-order valence-electron chi connectivity index (χ1n) is 12.1. The molecule has 4 heterocycles. The van der Waals surface area contributed by atoms with E-state index in [0.717, 1.165) is 82.9 Å². The van der Waals surface area contributed by atoms with Gasteiger partial charge in [0.05, 0.1) is 12.0 Å². The van der Waals surface area contributed by atoms with Crippen LogP contribution < -0.4 is 4.90 Å². The lowest BCUT2D eigenvalue weighted by Gasteiger charge is -2.49. The topological polar surface area (TPSA) is 48.9 Å². The summed E-state index contributed by atoms with van der Waals surface area (Å²) in [6.45, 7) is 6.69. The Morgan fingerprint density at radius 2 is 1.72 bits per heavy atom. The molecule has 1 spiro atoms. The minimum Gasteiger partial charge on any atom is -0.375 e. The van der Waals surface area contributed by atoms with Crippen molar-refractivity contribution in [1.82, 2.24) is 14.8 Å². The van der Waals surface area contributed by atoms with Crippen LogP contribution in [-0.2, 0) is 16.0 Å². The number of carbonyl (C=O) groups is 1. The maximum Gasteiger partial charge on any atom is 0.226 e. The van der Waals surface area contributed by atoms with Gasteiger partial charge in [0.25, 0.3) is 0 Å². The van der Waals surface area contributed by atoms with Crippen molar-refractivity contribution in [3.8, 4) is 0 Å². The number of pyridine rings is 1. The Balaban J connectivity index is 1.12. The summed E-state index contributed by atoms with van der Waals surface area (Å²) in [7, 11) is 0. The molecule has 32 heavy (non-hydrogen) atoms. The van der Waals surface area contributed by atoms with Gasteiger partial charge in [-0.15, -0.1) is 0 Å². The van der Waals surface area contributed by atoms with Gasteiger partial charge in [0, 0.05) is 58.1 Å². The van der Waals surface area contributed by atoms with Crippen molar-refractivity contribution in [2.45, 2.75) is 43.7 Å². The van der Waals surface area contributed by atoms with Gasteiger partial charge < -0.3 is 14.5 Å². The van der Waals surface area contributed by atoms with Gasteiger partial charge in [-0.1, -0.05) is 36.4 Å². The molecule has 3 fully saturated rings. The number of likely N-dealkylation sites (tertiary alicyclic amines) is 1. The van der Waals surface area contributed by atoms with E-state index in [1.54, 1.807) is 0 Å². The number of hydrogen-bond acceptors (Lipinski definition) is 5. The van der Waals surface area contributed by atoms with Crippen molar-refractivity contribution in [2.75, 3.05) is 50.8 Å². The van der Waals surface area contributed by atoms with Gasteiger partial charge in [-0.3, -0.25) is 9.69 Å². The van der Waals surface area contributed by atoms with Crippen LogP contribution in [0.2, 0.25) is 0 Å². The molecule has 0 N–H and O–H groups in total. The molecule has 6 nitrogen and oxygen atoms in total. The number of carbonyl (C=O) groups excluding carboxylic acids is 1. The molecule has 3 aliphatic rings. The first kappa shape index (κ1) is 21.4. The molecule has 0 radical (unpaired) electrons. The van der Waals surface area contributed by atoms with E-state index in [4.69, 9.17) is 4.74 Å². The molecule has 5 rings (SSSR count). The fourth-order valence-electron chi connectivity index (χ4n) is 5.56. The summed E-state index contributed by atoms with van der Waals surface area (Å²) in [5.74, 6) is 1.33. The molecule has 0 bridgehead atoms. The van der Waals surface area contributed by atoms with Gasteiger partial charge in [0.15, 0.2) is 0 Å². The number of amides is 1. The normalized spacial score (nSPS) is 23.9. The second-order valence-electron chi connectivity index (χ2n) is 9.43. The summed E-state index contributed by atoms with van der Waals surface area (Å²) in [5, 5.41) is 0. The molecule has 1 aromatic carbocycles. The highest BCUT2D eigenvalue weighted by Gasteiger charge is 2.42. The summed E-state index contributed by atoms with van der Waals surface area (Å²) < 4.78 is 6.38. The fourth-order valence-corrected chi connectivity index (χ4v) is 5.56. The second kappa shape index (κ2) is 9.59. The fraction of sp³-hybridized carbons (Fsp3) is 0.538. The number of rotatable bonds is 4. The first-order chi connectivity index (χ1) is 15.7. The molecular formula is C26H34N4O2. The molecule has 1 unspecified atom stereocenters. The number of benzene rings is 1. The lowest BCUT2D eigenvalue weighted by molar-refractivity contribution is -0.148. The number of piperidine rings is 1. The zero-order valence-electron chi connectivity index (χ0n) is 18.9. The Labute approximate surface area is 191 Å². The number of ether oxygens (including phenoxy) is 1. The van der Waals surface area contributed by atoms with E-state index in [0.29, 0.717) is 12.5 Å². The monoisotopic (exact) mass is 434 g/mol. The quantitative estimate of drug-likeness (QED) is 0.741. The molecule has 3 aliphatic heterocycles. The van der Waals surface area contributed by atoms with Crippen LogP contribution in [0.3, 0.4) is 0 Å². The number of aromatic nitrogens is 1. The van der Waals surface area contributed by atoms with E-state index in [9.17, 15) is 4.79 Å². The van der Waals surface area contributed by atoms with Crippen molar-refractivity contribution in [2.24, 2.45) is 0 Å². The van der Waals surface area contributed by atoms with E-state index in [2.05, 4.69) is 26.9 Å². The summed E-state index contributed by atoms with van der Waals surface area (Å²) in [6.07, 6.45) is 6.49. The molecule has 0 aliphatic carbocycles. The largest absolute Gasteiger partial charge is 0.375 e. The molecule has 6 heteroatoms. The zero-order valence-corrected chi connectivity index (χ0v) is 18.9. The average molecular weight is 435 g/mol. The van der Waals surface area contributed by atoms with Crippen LogP contribution in [0.1, 0.15) is 31.2 Å². The summed E-state index contributed by atoms with van der Waals surface area (Å²) >= 11 is 0. The minimum absolute atomic E-state index is 0.0510. The van der Waals surface area contributed by atoms with Crippen LogP contribution in [0.15, 0.2) is 54.7 Å². The standard InChI is InChI=1S/C26H34N4O2/c31-25(20-22-6-2-1-3-7-22)30-13-10-26(11-14-30)21-23(9-19-32-26)28-15-17-29(18-16-28)24-8-4-5-12-27-24/h1-8,12,23H,9-11,13-21H2. The van der Waals surface area contributed by atoms with E-state index in [-0.39, 0.29) is 11.5 Å². The lowest BCUT2D eigenvalue weighted by Crippen LogP contribution is -2.57. The maximum absolute atomic E-state index is 12.8. The highest BCUT2D eigenvalue weighted by molar-refractivity contribution is 5.78. The summed E-state index contributed by atoms with van der Waals surface area (Å²) in [6, 6.07) is 16.8. The third-order valence-electron chi connectivity index (χ3n) is 7.50. The van der Waals surface area contributed by atoms with Crippen LogP contribution in [0, 0.1) is 0 Å². The Kier molecular flexibility index (Phi) is 6.42. The lowest BCUT2D eigenvalue weighted by atomic mass is 9.81. The van der Waals surface area contributed by atoms with Crippen molar-refractivity contribution in [3.63, 3.8) is 0 Å². The highest BCUT2D eigenvalue weighted by Crippen LogP contribution is 2.37. The SMILES string of the molecule is O=C(Cc1ccccc1)N1CCC2(CC1)CC(N1CCN(c3ccccn3)CC1)CCO2. The molecular weight excluding hydrogens is 400 g/mol. The number of nitrogens with zero attached hydrogens (tertiary/aromatic N) is 4. The Hall–Kier alpha value is -2.44. The van der Waals surface area contributed by atoms with Gasteiger partial charge in [-0.2, -0.15) is 0 Å².